The lowest BCUT2D eigenvalue weighted by molar-refractivity contribution is -0.143. The van der Waals surface area contributed by atoms with Gasteiger partial charge in [-0.1, -0.05) is 6.07 Å². The van der Waals surface area contributed by atoms with E-state index in [9.17, 15) is 60.6 Å². The van der Waals surface area contributed by atoms with E-state index >= 15 is 17.6 Å². The molecule has 0 unspecified atom stereocenters. The maximum Gasteiger partial charge on any atom is 0.422 e. The molecule has 1 aliphatic carbocycles. The Labute approximate surface area is 270 Å². The second kappa shape index (κ2) is 12.5. The van der Waals surface area contributed by atoms with Gasteiger partial charge in [-0.2, -0.15) is 52.7 Å². The van der Waals surface area contributed by atoms with Gasteiger partial charge in [-0.25, -0.2) is 30.7 Å². The van der Waals surface area contributed by atoms with Gasteiger partial charge in [0, 0.05) is 27.8 Å². The molecule has 0 aromatic heterocycles. The van der Waals surface area contributed by atoms with Gasteiger partial charge in [-0.05, 0) is 19.1 Å². The van der Waals surface area contributed by atoms with Crippen LogP contribution < -0.4 is 0 Å². The zero-order valence-electron chi connectivity index (χ0n) is 23.9. The highest BCUT2D eigenvalue weighted by Crippen LogP contribution is 2.57. The summed E-state index contributed by atoms with van der Waals surface area (Å²) in [6, 6.07) is 9.46. The molecule has 0 saturated heterocycles. The fourth-order valence-corrected chi connectivity index (χ4v) is 5.02. The largest absolute Gasteiger partial charge is 0.422 e. The molecule has 1 aliphatic rings. The summed E-state index contributed by atoms with van der Waals surface area (Å²) in [4.78, 5) is 0. The molecule has 0 bridgehead atoms. The molecule has 0 N–H and O–H groups in total. The van der Waals surface area contributed by atoms with Crippen molar-refractivity contribution >= 4 is 16.7 Å². The van der Waals surface area contributed by atoms with Gasteiger partial charge in [0.1, 0.15) is 35.2 Å². The molecule has 3 aromatic carbocycles. The molecule has 250 valence electrons. The summed E-state index contributed by atoms with van der Waals surface area (Å²) in [6.07, 6.45) is -11.8. The fraction of sp³-hybridized carbons (Fsp3) is 0.0938. The number of rotatable bonds is 3. The van der Waals surface area contributed by atoms with Gasteiger partial charge >= 0.3 is 12.4 Å². The molecule has 5 nitrogen and oxygen atoms in total. The highest BCUT2D eigenvalue weighted by atomic mass is 19.4. The molecule has 0 radical (unpaired) electrons. The number of nitriles is 5. The monoisotopic (exact) mass is 707 g/mol. The van der Waals surface area contributed by atoms with E-state index in [0.29, 0.717) is 6.92 Å². The Hall–Kier alpha value is -6.58. The van der Waals surface area contributed by atoms with Crippen molar-refractivity contribution in [2.24, 2.45) is 0 Å². The van der Waals surface area contributed by atoms with Crippen LogP contribution in [0.2, 0.25) is 0 Å². The molecule has 0 amide bonds. The Bertz CT molecular complexity index is 2200. The minimum atomic E-state index is -6.05. The average Bonchev–Trinajstić information content (AvgIpc) is 3.76. The van der Waals surface area contributed by atoms with E-state index in [0.717, 1.165) is 30.3 Å². The van der Waals surface area contributed by atoms with Crippen molar-refractivity contribution in [3.8, 4) is 30.3 Å². The van der Waals surface area contributed by atoms with Crippen molar-refractivity contribution in [3.63, 3.8) is 0 Å². The van der Waals surface area contributed by atoms with Crippen LogP contribution >= 0.6 is 0 Å². The average molecular weight is 707 g/mol. The van der Waals surface area contributed by atoms with Gasteiger partial charge in [-0.15, -0.1) is 0 Å². The normalized spacial score (nSPS) is 15.6. The number of benzene rings is 3. The zero-order chi connectivity index (χ0) is 37.8. The maximum absolute atomic E-state index is 15.5. The summed E-state index contributed by atoms with van der Waals surface area (Å²) in [6.45, 7) is 0.320. The highest BCUT2D eigenvalue weighted by molar-refractivity contribution is 6.12. The first-order valence-electron chi connectivity index (χ1n) is 12.8. The van der Waals surface area contributed by atoms with Gasteiger partial charge in [0.25, 0.3) is 0 Å². The number of allylic oxidation sites excluding steroid dienone is 6. The SMILES string of the molecule is Cc1c(F)c(/C(C#N)=C2\C(=C(C#N)c3ccc(C#N)cc3C#N)\C2=C(/C#N)c2c(F)c(F)c(C(F)(F)F)c(F)c2F)c(F)c(F)c1C(F)(F)F. The predicted octanol–water partition coefficient (Wildman–Crippen LogP) is 9.00. The lowest BCUT2D eigenvalue weighted by Gasteiger charge is -2.15. The smallest absolute Gasteiger partial charge is 0.206 e. The van der Waals surface area contributed by atoms with Crippen LogP contribution in [0.5, 0.6) is 0 Å². The molecule has 1 fully saturated rings. The maximum atomic E-state index is 15.5. The van der Waals surface area contributed by atoms with Crippen molar-refractivity contribution in [2.45, 2.75) is 19.3 Å². The molecular weight excluding hydrogens is 701 g/mol. The van der Waals surface area contributed by atoms with Crippen molar-refractivity contribution in [2.75, 3.05) is 0 Å². The third kappa shape index (κ3) is 5.55. The Morgan fingerprint density at radius 1 is 0.520 bits per heavy atom. The van der Waals surface area contributed by atoms with Crippen LogP contribution in [0.1, 0.15) is 44.5 Å². The van der Waals surface area contributed by atoms with Crippen molar-refractivity contribution in [1.82, 2.24) is 0 Å². The van der Waals surface area contributed by atoms with Crippen LogP contribution in [-0.2, 0) is 12.4 Å². The van der Waals surface area contributed by atoms with Crippen molar-refractivity contribution in [3.05, 3.63) is 120 Å². The van der Waals surface area contributed by atoms with Crippen molar-refractivity contribution in [1.29, 1.82) is 26.3 Å². The van der Waals surface area contributed by atoms with Crippen LogP contribution in [0, 0.1) is 104 Å². The van der Waals surface area contributed by atoms with Gasteiger partial charge in [0.2, 0.25) is 0 Å². The molecule has 0 aliphatic heterocycles. The van der Waals surface area contributed by atoms with E-state index in [-0.39, 0.29) is 5.56 Å². The van der Waals surface area contributed by atoms with Crippen molar-refractivity contribution < 1.29 is 57.1 Å². The Kier molecular flexibility index (Phi) is 9.04. The third-order valence-corrected chi connectivity index (χ3v) is 7.20. The fourth-order valence-electron chi connectivity index (χ4n) is 5.02. The van der Waals surface area contributed by atoms with E-state index < -0.39 is 125 Å². The minimum absolute atomic E-state index is 0.204. The molecule has 1 saturated carbocycles. The van der Waals surface area contributed by atoms with Crippen LogP contribution in [0.25, 0.3) is 16.7 Å². The second-order valence-electron chi connectivity index (χ2n) is 9.89. The van der Waals surface area contributed by atoms with E-state index in [2.05, 4.69) is 0 Å². The van der Waals surface area contributed by atoms with Crippen LogP contribution in [0.3, 0.4) is 0 Å². The Morgan fingerprint density at radius 2 is 0.920 bits per heavy atom. The topological polar surface area (TPSA) is 119 Å². The summed E-state index contributed by atoms with van der Waals surface area (Å²) in [5, 5.41) is 48.6. The van der Waals surface area contributed by atoms with Crippen LogP contribution in [-0.4, -0.2) is 0 Å². The summed E-state index contributed by atoms with van der Waals surface area (Å²) in [5.74, 6) is -19.5. The number of alkyl halides is 6. The molecule has 0 heterocycles. The third-order valence-electron chi connectivity index (χ3n) is 7.20. The standard InChI is InChI=1S/C32H6F13N5/c1-10-22(31(40,41)42)28(37)25(34)20(24(10)33)15(8-49)18-17(14(7-48)13-3-2-11(5-46)4-12(13)6-47)19(18)16(9-50)21-26(35)29(38)23(32(43,44)45)30(39)27(21)36/h2-4H,1H3/b17-14?,18-15+,19-16-. The van der Waals surface area contributed by atoms with Crippen LogP contribution in [0.4, 0.5) is 57.1 Å². The lowest BCUT2D eigenvalue weighted by Crippen LogP contribution is -2.17. The molecule has 50 heavy (non-hydrogen) atoms. The lowest BCUT2D eigenvalue weighted by atomic mass is 9.95. The summed E-state index contributed by atoms with van der Waals surface area (Å²) in [5.41, 5.74) is -20.1. The van der Waals surface area contributed by atoms with Gasteiger partial charge in [0.15, 0.2) is 34.9 Å². The number of halogens is 13. The Balaban J connectivity index is 2.32. The van der Waals surface area contributed by atoms with Gasteiger partial charge in [-0.3, -0.25) is 0 Å². The predicted molar refractivity (Wildman–Crippen MR) is 141 cm³/mol. The quantitative estimate of drug-likeness (QED) is 0.153. The number of hydrogen-bond acceptors (Lipinski definition) is 5. The number of nitrogens with zero attached hydrogens (tertiary/aromatic N) is 5. The summed E-state index contributed by atoms with van der Waals surface area (Å²) in [7, 11) is 0. The molecule has 0 atom stereocenters. The molecule has 0 spiro atoms. The first-order chi connectivity index (χ1) is 23.2. The van der Waals surface area contributed by atoms with E-state index in [4.69, 9.17) is 5.26 Å². The number of hydrogen-bond donors (Lipinski definition) is 0. The van der Waals surface area contributed by atoms with Gasteiger partial charge < -0.3 is 0 Å². The summed E-state index contributed by atoms with van der Waals surface area (Å²) < 4.78 is 185. The van der Waals surface area contributed by atoms with Gasteiger partial charge in [0.05, 0.1) is 51.1 Å². The minimum Gasteiger partial charge on any atom is -0.206 e. The van der Waals surface area contributed by atoms with E-state index in [1.54, 1.807) is 12.1 Å². The summed E-state index contributed by atoms with van der Waals surface area (Å²) >= 11 is 0. The van der Waals surface area contributed by atoms with E-state index in [1.165, 1.54) is 6.07 Å². The molecular formula is C32H6F13N5. The van der Waals surface area contributed by atoms with E-state index in [1.807, 2.05) is 0 Å². The molecule has 3 aromatic rings. The molecule has 4 rings (SSSR count). The molecule has 18 heteroatoms. The Morgan fingerprint density at radius 3 is 1.30 bits per heavy atom. The first kappa shape index (κ1) is 36.3. The second-order valence-corrected chi connectivity index (χ2v) is 9.89. The zero-order valence-corrected chi connectivity index (χ0v) is 23.9. The highest BCUT2D eigenvalue weighted by Gasteiger charge is 2.48. The van der Waals surface area contributed by atoms with Crippen LogP contribution in [0.15, 0.2) is 34.9 Å². The first-order valence-corrected chi connectivity index (χ1v) is 12.8.